The van der Waals surface area contributed by atoms with Crippen molar-refractivity contribution >= 4 is 17.8 Å². The summed E-state index contributed by atoms with van der Waals surface area (Å²) in [6.07, 6.45) is 2.25. The molecule has 120 valence electrons. The average Bonchev–Trinajstić information content (AvgIpc) is 2.49. The summed E-state index contributed by atoms with van der Waals surface area (Å²) < 4.78 is 0. The van der Waals surface area contributed by atoms with Crippen LogP contribution in [-0.4, -0.2) is 34.1 Å². The van der Waals surface area contributed by atoms with Gasteiger partial charge >= 0.3 is 0 Å². The fourth-order valence-corrected chi connectivity index (χ4v) is 2.46. The van der Waals surface area contributed by atoms with Crippen molar-refractivity contribution in [2.75, 3.05) is 28.7 Å². The quantitative estimate of drug-likeness (QED) is 0.475. The number of hydrogen-bond acceptors (Lipinski definition) is 7. The Labute approximate surface area is 127 Å². The molecule has 0 aliphatic heterocycles. The van der Waals surface area contributed by atoms with Crippen LogP contribution in [0.25, 0.3) is 0 Å². The van der Waals surface area contributed by atoms with Crippen LogP contribution in [0.15, 0.2) is 0 Å². The van der Waals surface area contributed by atoms with Crippen LogP contribution >= 0.6 is 0 Å². The topological polar surface area (TPSA) is 92.0 Å². The molecule has 0 amide bonds. The van der Waals surface area contributed by atoms with Gasteiger partial charge in [-0.15, -0.1) is 0 Å². The van der Waals surface area contributed by atoms with E-state index in [4.69, 9.17) is 5.84 Å². The van der Waals surface area contributed by atoms with Crippen LogP contribution in [0.5, 0.6) is 0 Å². The van der Waals surface area contributed by atoms with Gasteiger partial charge in [0.1, 0.15) is 0 Å². The van der Waals surface area contributed by atoms with Crippen LogP contribution in [0.3, 0.4) is 0 Å². The number of nitrogens with zero attached hydrogens (tertiary/aromatic N) is 4. The lowest BCUT2D eigenvalue weighted by Crippen LogP contribution is -2.29. The van der Waals surface area contributed by atoms with Gasteiger partial charge in [-0.3, -0.25) is 5.43 Å². The van der Waals surface area contributed by atoms with Gasteiger partial charge in [0, 0.05) is 19.1 Å². The Morgan fingerprint density at radius 2 is 1.57 bits per heavy atom. The van der Waals surface area contributed by atoms with Gasteiger partial charge in [-0.05, 0) is 26.7 Å². The largest absolute Gasteiger partial charge is 0.351 e. The molecule has 1 aromatic heterocycles. The van der Waals surface area contributed by atoms with Crippen molar-refractivity contribution in [1.29, 1.82) is 0 Å². The summed E-state index contributed by atoms with van der Waals surface area (Å²) in [6, 6.07) is 0.303. The molecule has 0 aromatic carbocycles. The Hall–Kier alpha value is -1.63. The van der Waals surface area contributed by atoms with Crippen molar-refractivity contribution in [2.45, 2.75) is 53.5 Å². The van der Waals surface area contributed by atoms with E-state index in [-0.39, 0.29) is 0 Å². The number of hydrazine groups is 1. The van der Waals surface area contributed by atoms with Crippen LogP contribution in [0.1, 0.15) is 47.5 Å². The van der Waals surface area contributed by atoms with Gasteiger partial charge in [-0.25, -0.2) is 5.84 Å². The molecule has 1 atom stereocenters. The van der Waals surface area contributed by atoms with Crippen molar-refractivity contribution in [3.63, 3.8) is 0 Å². The summed E-state index contributed by atoms with van der Waals surface area (Å²) in [7, 11) is 0. The predicted octanol–water partition coefficient (Wildman–Crippen LogP) is 2.24. The minimum absolute atomic E-state index is 0.303. The molecule has 1 rings (SSSR count). The Kier molecular flexibility index (Phi) is 7.14. The molecule has 4 N–H and O–H groups in total. The number of aromatic nitrogens is 3. The first-order chi connectivity index (χ1) is 10.1. The maximum Gasteiger partial charge on any atom is 0.243 e. The molecule has 0 aliphatic rings. The van der Waals surface area contributed by atoms with Crippen molar-refractivity contribution in [1.82, 2.24) is 15.0 Å². The first-order valence-electron chi connectivity index (χ1n) is 7.83. The van der Waals surface area contributed by atoms with Crippen LogP contribution in [0.4, 0.5) is 17.8 Å². The van der Waals surface area contributed by atoms with Crippen LogP contribution < -0.4 is 21.5 Å². The highest BCUT2D eigenvalue weighted by Crippen LogP contribution is 2.18. The first-order valence-corrected chi connectivity index (χ1v) is 7.83. The third-order valence-electron chi connectivity index (χ3n) is 3.91. The molecule has 0 saturated carbocycles. The van der Waals surface area contributed by atoms with Crippen molar-refractivity contribution in [2.24, 2.45) is 11.8 Å². The van der Waals surface area contributed by atoms with E-state index in [9.17, 15) is 0 Å². The number of rotatable bonds is 9. The Bertz CT molecular complexity index is 416. The van der Waals surface area contributed by atoms with Gasteiger partial charge in [0.25, 0.3) is 0 Å². The van der Waals surface area contributed by atoms with Gasteiger partial charge in [0.15, 0.2) is 0 Å². The number of nitrogen functional groups attached to an aromatic ring is 1. The van der Waals surface area contributed by atoms with E-state index in [0.717, 1.165) is 25.9 Å². The summed E-state index contributed by atoms with van der Waals surface area (Å²) in [5.74, 6) is 7.65. The van der Waals surface area contributed by atoms with Crippen molar-refractivity contribution in [3.05, 3.63) is 0 Å². The van der Waals surface area contributed by atoms with E-state index >= 15 is 0 Å². The molecule has 0 radical (unpaired) electrons. The molecular formula is C14H29N7. The van der Waals surface area contributed by atoms with Gasteiger partial charge in [-0.1, -0.05) is 26.7 Å². The van der Waals surface area contributed by atoms with Crippen LogP contribution in [0.2, 0.25) is 0 Å². The maximum atomic E-state index is 5.46. The van der Waals surface area contributed by atoms with E-state index in [0.29, 0.717) is 29.8 Å². The maximum absolute atomic E-state index is 5.46. The van der Waals surface area contributed by atoms with Gasteiger partial charge in [-0.2, -0.15) is 15.0 Å². The van der Waals surface area contributed by atoms with Crippen molar-refractivity contribution < 1.29 is 0 Å². The standard InChI is InChI=1S/C14H29N7/c1-6-11(7-2)10(5)16-12-17-13(20-15)19-14(18-12)21(8-3)9-4/h10-11H,6-9,15H2,1-5H3,(H2,16,17,18,19,20). The number of nitrogens with two attached hydrogens (primary N) is 1. The van der Waals surface area contributed by atoms with Crippen LogP contribution in [-0.2, 0) is 0 Å². The molecule has 21 heavy (non-hydrogen) atoms. The second kappa shape index (κ2) is 8.61. The molecule has 0 aliphatic carbocycles. The summed E-state index contributed by atoms with van der Waals surface area (Å²) in [5, 5.41) is 3.38. The summed E-state index contributed by atoms with van der Waals surface area (Å²) in [6.45, 7) is 12.4. The number of hydrogen-bond donors (Lipinski definition) is 3. The van der Waals surface area contributed by atoms with E-state index in [1.807, 2.05) is 0 Å². The molecule has 0 bridgehead atoms. The lowest BCUT2D eigenvalue weighted by molar-refractivity contribution is 0.436. The third kappa shape index (κ3) is 4.70. The lowest BCUT2D eigenvalue weighted by Gasteiger charge is -2.24. The molecule has 1 heterocycles. The van der Waals surface area contributed by atoms with Crippen molar-refractivity contribution in [3.8, 4) is 0 Å². The van der Waals surface area contributed by atoms with Gasteiger partial charge in [0.05, 0.1) is 0 Å². The van der Waals surface area contributed by atoms with Gasteiger partial charge < -0.3 is 10.2 Å². The summed E-state index contributed by atoms with van der Waals surface area (Å²) in [4.78, 5) is 15.2. The zero-order valence-corrected chi connectivity index (χ0v) is 13.8. The van der Waals surface area contributed by atoms with E-state index in [1.165, 1.54) is 0 Å². The highest BCUT2D eigenvalue weighted by molar-refractivity contribution is 5.43. The summed E-state index contributed by atoms with van der Waals surface area (Å²) >= 11 is 0. The highest BCUT2D eigenvalue weighted by Gasteiger charge is 2.16. The smallest absolute Gasteiger partial charge is 0.243 e. The Morgan fingerprint density at radius 1 is 1.00 bits per heavy atom. The Balaban J connectivity index is 2.98. The molecule has 7 heteroatoms. The minimum Gasteiger partial charge on any atom is -0.351 e. The zero-order chi connectivity index (χ0) is 15.8. The molecule has 0 spiro atoms. The van der Waals surface area contributed by atoms with Gasteiger partial charge in [0.2, 0.25) is 17.8 Å². The molecular weight excluding hydrogens is 266 g/mol. The van der Waals surface area contributed by atoms with E-state index in [1.54, 1.807) is 0 Å². The molecule has 1 unspecified atom stereocenters. The van der Waals surface area contributed by atoms with E-state index < -0.39 is 0 Å². The predicted molar refractivity (Wildman–Crippen MR) is 88.4 cm³/mol. The zero-order valence-electron chi connectivity index (χ0n) is 13.8. The monoisotopic (exact) mass is 295 g/mol. The molecule has 0 fully saturated rings. The Morgan fingerprint density at radius 3 is 2.05 bits per heavy atom. The SMILES string of the molecule is CCC(CC)C(C)Nc1nc(NN)nc(N(CC)CC)n1. The fraction of sp³-hybridized carbons (Fsp3) is 0.786. The minimum atomic E-state index is 0.303. The second-order valence-electron chi connectivity index (χ2n) is 5.11. The molecule has 1 aromatic rings. The molecule has 0 saturated heterocycles. The molecule has 7 nitrogen and oxygen atoms in total. The average molecular weight is 295 g/mol. The number of anilines is 3. The lowest BCUT2D eigenvalue weighted by atomic mass is 9.96. The third-order valence-corrected chi connectivity index (χ3v) is 3.91. The normalized spacial score (nSPS) is 12.3. The second-order valence-corrected chi connectivity index (χ2v) is 5.11. The number of nitrogens with one attached hydrogen (secondary N) is 2. The first kappa shape index (κ1) is 17.4. The van der Waals surface area contributed by atoms with Crippen LogP contribution in [0, 0.1) is 5.92 Å². The summed E-state index contributed by atoms with van der Waals surface area (Å²) in [5.41, 5.74) is 2.51. The van der Waals surface area contributed by atoms with E-state index in [2.05, 4.69) is 65.2 Å². The fourth-order valence-electron chi connectivity index (χ4n) is 2.46. The highest BCUT2D eigenvalue weighted by atomic mass is 15.4.